The van der Waals surface area contributed by atoms with Crippen LogP contribution in [-0.2, 0) is 4.79 Å². The lowest BCUT2D eigenvalue weighted by molar-refractivity contribution is -0.119. The third-order valence-corrected chi connectivity index (χ3v) is 2.31. The smallest absolute Gasteiger partial charge is 0.227 e. The Morgan fingerprint density at radius 1 is 1.80 bits per heavy atom. The van der Waals surface area contributed by atoms with Crippen LogP contribution in [0.4, 0.5) is 0 Å². The number of allylic oxidation sites excluding steroid dienone is 1. The van der Waals surface area contributed by atoms with E-state index in [0.29, 0.717) is 6.42 Å². The molecule has 2 heteroatoms. The summed E-state index contributed by atoms with van der Waals surface area (Å²) in [6.07, 6.45) is 3.15. The fourth-order valence-electron chi connectivity index (χ4n) is 0.682. The molecule has 0 aromatic carbocycles. The van der Waals surface area contributed by atoms with Gasteiger partial charge in [-0.1, -0.05) is 19.9 Å². The van der Waals surface area contributed by atoms with E-state index in [4.69, 9.17) is 11.6 Å². The first kappa shape index (κ1) is 9.70. The van der Waals surface area contributed by atoms with Crippen LogP contribution in [0.5, 0.6) is 0 Å². The topological polar surface area (TPSA) is 17.1 Å². The summed E-state index contributed by atoms with van der Waals surface area (Å²) in [5.74, 6) is 0. The van der Waals surface area contributed by atoms with Crippen molar-refractivity contribution in [1.82, 2.24) is 0 Å². The molecule has 0 aromatic heterocycles. The molecule has 1 nitrogen and oxygen atoms in total. The molecule has 0 radical (unpaired) electrons. The average Bonchev–Trinajstić information content (AvgIpc) is 1.88. The molecule has 0 spiro atoms. The van der Waals surface area contributed by atoms with Crippen molar-refractivity contribution in [3.63, 3.8) is 0 Å². The van der Waals surface area contributed by atoms with Crippen LogP contribution >= 0.6 is 11.6 Å². The minimum Gasteiger partial charge on any atom is -0.281 e. The second kappa shape index (κ2) is 3.77. The lowest BCUT2D eigenvalue weighted by atomic mass is 9.86. The zero-order chi connectivity index (χ0) is 8.20. The van der Waals surface area contributed by atoms with Crippen molar-refractivity contribution in [2.75, 3.05) is 0 Å². The van der Waals surface area contributed by atoms with Crippen LogP contribution in [0, 0.1) is 5.41 Å². The van der Waals surface area contributed by atoms with Crippen molar-refractivity contribution in [3.05, 3.63) is 12.7 Å². The minimum atomic E-state index is -0.399. The molecule has 0 bridgehead atoms. The molecule has 58 valence electrons. The number of carbonyl (C=O) groups excluding carboxylic acids is 1. The van der Waals surface area contributed by atoms with Gasteiger partial charge < -0.3 is 0 Å². The molecule has 1 atom stereocenters. The summed E-state index contributed by atoms with van der Waals surface area (Å²) in [6.45, 7) is 7.36. The highest BCUT2D eigenvalue weighted by Crippen LogP contribution is 2.28. The van der Waals surface area contributed by atoms with Gasteiger partial charge in [0.05, 0.1) is 0 Å². The molecule has 0 aliphatic heterocycles. The maximum absolute atomic E-state index is 10.8. The van der Waals surface area contributed by atoms with Gasteiger partial charge in [0.15, 0.2) is 0 Å². The zero-order valence-electron chi connectivity index (χ0n) is 6.48. The lowest BCUT2D eigenvalue weighted by Crippen LogP contribution is -2.21. The van der Waals surface area contributed by atoms with Crippen LogP contribution in [0.3, 0.4) is 0 Å². The summed E-state index contributed by atoms with van der Waals surface area (Å²) >= 11 is 5.38. The SMILES string of the molecule is C=CCC(C)(CC)C(=O)Cl. The standard InChI is InChI=1S/C8H13ClO/c1-4-6-8(3,5-2)7(9)10/h4H,1,5-6H2,2-3H3. The fraction of sp³-hybridized carbons (Fsp3) is 0.625. The third-order valence-electron chi connectivity index (χ3n) is 1.85. The maximum atomic E-state index is 10.8. The van der Waals surface area contributed by atoms with Crippen LogP contribution in [0.15, 0.2) is 12.7 Å². The summed E-state index contributed by atoms with van der Waals surface area (Å²) in [7, 11) is 0. The molecule has 0 fully saturated rings. The second-order valence-corrected chi connectivity index (χ2v) is 3.02. The zero-order valence-corrected chi connectivity index (χ0v) is 7.24. The minimum absolute atomic E-state index is 0.269. The van der Waals surface area contributed by atoms with E-state index in [1.165, 1.54) is 0 Å². The molecule has 0 saturated heterocycles. The first-order chi connectivity index (χ1) is 4.56. The summed E-state index contributed by atoms with van der Waals surface area (Å²) in [4.78, 5) is 10.8. The molecular weight excluding hydrogens is 148 g/mol. The van der Waals surface area contributed by atoms with E-state index >= 15 is 0 Å². The number of rotatable bonds is 4. The normalized spacial score (nSPS) is 15.9. The summed E-state index contributed by atoms with van der Waals surface area (Å²) in [6, 6.07) is 0. The monoisotopic (exact) mass is 160 g/mol. The van der Waals surface area contributed by atoms with Crippen LogP contribution in [0.1, 0.15) is 26.7 Å². The molecule has 0 rings (SSSR count). The molecule has 0 aliphatic carbocycles. The van der Waals surface area contributed by atoms with Crippen molar-refractivity contribution in [2.24, 2.45) is 5.41 Å². The van der Waals surface area contributed by atoms with Gasteiger partial charge in [0.25, 0.3) is 0 Å². The number of hydrogen-bond donors (Lipinski definition) is 0. The van der Waals surface area contributed by atoms with Gasteiger partial charge >= 0.3 is 0 Å². The van der Waals surface area contributed by atoms with E-state index < -0.39 is 5.41 Å². The maximum Gasteiger partial charge on any atom is 0.227 e. The Kier molecular flexibility index (Phi) is 3.66. The van der Waals surface area contributed by atoms with Gasteiger partial charge in [-0.25, -0.2) is 0 Å². The van der Waals surface area contributed by atoms with E-state index in [0.717, 1.165) is 6.42 Å². The number of halogens is 1. The van der Waals surface area contributed by atoms with Crippen molar-refractivity contribution in [2.45, 2.75) is 26.7 Å². The first-order valence-corrected chi connectivity index (χ1v) is 3.75. The Hall–Kier alpha value is -0.300. The van der Waals surface area contributed by atoms with Gasteiger partial charge in [0.2, 0.25) is 5.24 Å². The largest absolute Gasteiger partial charge is 0.281 e. The van der Waals surface area contributed by atoms with Crippen molar-refractivity contribution >= 4 is 16.8 Å². The average molecular weight is 161 g/mol. The van der Waals surface area contributed by atoms with Crippen molar-refractivity contribution in [3.8, 4) is 0 Å². The number of hydrogen-bond acceptors (Lipinski definition) is 1. The predicted molar refractivity (Wildman–Crippen MR) is 44.1 cm³/mol. The third kappa shape index (κ3) is 2.14. The van der Waals surface area contributed by atoms with Crippen LogP contribution in [0.2, 0.25) is 0 Å². The quantitative estimate of drug-likeness (QED) is 0.457. The molecule has 1 unspecified atom stereocenters. The van der Waals surface area contributed by atoms with E-state index in [1.807, 2.05) is 13.8 Å². The number of carbonyl (C=O) groups is 1. The van der Waals surface area contributed by atoms with E-state index in [1.54, 1.807) is 6.08 Å². The van der Waals surface area contributed by atoms with E-state index in [9.17, 15) is 4.79 Å². The van der Waals surface area contributed by atoms with Gasteiger partial charge in [-0.15, -0.1) is 6.58 Å². The van der Waals surface area contributed by atoms with Gasteiger partial charge in [-0.05, 0) is 24.4 Å². The highest BCUT2D eigenvalue weighted by molar-refractivity contribution is 6.64. The molecule has 0 N–H and O–H groups in total. The predicted octanol–water partition coefficient (Wildman–Crippen LogP) is 2.74. The molecular formula is C8H13ClO. The van der Waals surface area contributed by atoms with Crippen molar-refractivity contribution < 1.29 is 4.79 Å². The molecule has 0 aliphatic rings. The van der Waals surface area contributed by atoms with Crippen LogP contribution < -0.4 is 0 Å². The molecule has 0 saturated carbocycles. The molecule has 0 heterocycles. The van der Waals surface area contributed by atoms with Gasteiger partial charge in [-0.3, -0.25) is 4.79 Å². The summed E-state index contributed by atoms with van der Waals surface area (Å²) < 4.78 is 0. The highest BCUT2D eigenvalue weighted by Gasteiger charge is 2.27. The Labute approximate surface area is 67.1 Å². The Morgan fingerprint density at radius 2 is 2.30 bits per heavy atom. The van der Waals surface area contributed by atoms with Gasteiger partial charge in [-0.2, -0.15) is 0 Å². The summed E-state index contributed by atoms with van der Waals surface area (Å²) in [5.41, 5.74) is -0.399. The van der Waals surface area contributed by atoms with Crippen molar-refractivity contribution in [1.29, 1.82) is 0 Å². The van der Waals surface area contributed by atoms with Gasteiger partial charge in [0, 0.05) is 5.41 Å². The lowest BCUT2D eigenvalue weighted by Gasteiger charge is -2.20. The Bertz CT molecular complexity index is 142. The second-order valence-electron chi connectivity index (χ2n) is 2.68. The first-order valence-electron chi connectivity index (χ1n) is 3.37. The van der Waals surface area contributed by atoms with Crippen LogP contribution in [-0.4, -0.2) is 5.24 Å². The molecule has 10 heavy (non-hydrogen) atoms. The fourth-order valence-corrected chi connectivity index (χ4v) is 0.893. The molecule has 0 aromatic rings. The van der Waals surface area contributed by atoms with E-state index in [2.05, 4.69) is 6.58 Å². The van der Waals surface area contributed by atoms with Gasteiger partial charge in [0.1, 0.15) is 0 Å². The highest BCUT2D eigenvalue weighted by atomic mass is 35.5. The van der Waals surface area contributed by atoms with E-state index in [-0.39, 0.29) is 5.24 Å². The summed E-state index contributed by atoms with van der Waals surface area (Å²) in [5, 5.41) is -0.269. The Balaban J connectivity index is 4.21. The molecule has 0 amide bonds. The van der Waals surface area contributed by atoms with Crippen LogP contribution in [0.25, 0.3) is 0 Å². The Morgan fingerprint density at radius 3 is 2.40 bits per heavy atom.